The third-order valence-electron chi connectivity index (χ3n) is 4.14. The molecule has 0 amide bonds. The van der Waals surface area contributed by atoms with E-state index in [9.17, 15) is 9.90 Å². The number of carbonyl (C=O) groups excluding carboxylic acids is 1. The molecule has 1 atom stereocenters. The maximum atomic E-state index is 12.3. The number of aliphatic hydroxyl groups excluding tert-OH is 1. The topological polar surface area (TPSA) is 40.5 Å². The smallest absolute Gasteiger partial charge is 0.176 e. The molecule has 0 radical (unpaired) electrons. The summed E-state index contributed by atoms with van der Waals surface area (Å²) < 4.78 is 0. The van der Waals surface area contributed by atoms with Gasteiger partial charge in [-0.1, -0.05) is 18.6 Å². The summed E-state index contributed by atoms with van der Waals surface area (Å²) in [4.78, 5) is 14.4. The number of hydrogen-bond donors (Lipinski definition) is 1. The molecule has 0 saturated carbocycles. The Balaban J connectivity index is 2.05. The van der Waals surface area contributed by atoms with E-state index < -0.39 is 0 Å². The number of Topliss-reactive ketones (excluding diaryl/α,β-unsaturated/α-hetero) is 1. The lowest BCUT2D eigenvalue weighted by Crippen LogP contribution is -2.44. The predicted octanol–water partition coefficient (Wildman–Crippen LogP) is 2.33. The standard InChI is InChI=1S/C16H23NO2/c1-12-6-7-14(9-13(12)2)16(19)10-17-8-4-3-5-15(17)11-18/h6-7,9,15,18H,3-5,8,10-11H2,1-2H3. The molecule has 1 N–H and O–H groups in total. The van der Waals surface area contributed by atoms with Crippen LogP contribution in [0.1, 0.15) is 40.7 Å². The second kappa shape index (κ2) is 6.31. The molecule has 19 heavy (non-hydrogen) atoms. The van der Waals surface area contributed by atoms with Gasteiger partial charge in [0, 0.05) is 11.6 Å². The van der Waals surface area contributed by atoms with Crippen LogP contribution >= 0.6 is 0 Å². The van der Waals surface area contributed by atoms with Gasteiger partial charge in [0.2, 0.25) is 0 Å². The van der Waals surface area contributed by atoms with Gasteiger partial charge in [-0.05, 0) is 50.4 Å². The van der Waals surface area contributed by atoms with Crippen molar-refractivity contribution in [3.8, 4) is 0 Å². The van der Waals surface area contributed by atoms with Gasteiger partial charge in [-0.15, -0.1) is 0 Å². The number of benzene rings is 1. The number of piperidine rings is 1. The van der Waals surface area contributed by atoms with E-state index in [1.807, 2.05) is 25.1 Å². The molecule has 1 heterocycles. The van der Waals surface area contributed by atoms with Crippen LogP contribution in [0, 0.1) is 13.8 Å². The zero-order chi connectivity index (χ0) is 13.8. The molecule has 1 saturated heterocycles. The van der Waals surface area contributed by atoms with Crippen LogP contribution in [0.3, 0.4) is 0 Å². The summed E-state index contributed by atoms with van der Waals surface area (Å²) in [5, 5.41) is 9.37. The van der Waals surface area contributed by atoms with E-state index in [2.05, 4.69) is 11.8 Å². The van der Waals surface area contributed by atoms with Gasteiger partial charge in [0.1, 0.15) is 0 Å². The fourth-order valence-corrected chi connectivity index (χ4v) is 2.67. The van der Waals surface area contributed by atoms with Crippen LogP contribution in [0.5, 0.6) is 0 Å². The van der Waals surface area contributed by atoms with Gasteiger partial charge < -0.3 is 5.11 Å². The first-order chi connectivity index (χ1) is 9.11. The van der Waals surface area contributed by atoms with E-state index in [1.54, 1.807) is 0 Å². The Morgan fingerprint density at radius 2 is 2.11 bits per heavy atom. The van der Waals surface area contributed by atoms with E-state index in [4.69, 9.17) is 0 Å². The highest BCUT2D eigenvalue weighted by Gasteiger charge is 2.23. The zero-order valence-electron chi connectivity index (χ0n) is 11.9. The molecular formula is C16H23NO2. The van der Waals surface area contributed by atoms with Crippen LogP contribution in [-0.4, -0.2) is 41.5 Å². The SMILES string of the molecule is Cc1ccc(C(=O)CN2CCCCC2CO)cc1C. The van der Waals surface area contributed by atoms with Gasteiger partial charge in [0.05, 0.1) is 13.2 Å². The van der Waals surface area contributed by atoms with Crippen molar-refractivity contribution in [1.29, 1.82) is 0 Å². The molecule has 1 aliphatic heterocycles. The molecule has 1 aliphatic rings. The Morgan fingerprint density at radius 3 is 2.79 bits per heavy atom. The molecule has 2 rings (SSSR count). The normalized spacial score (nSPS) is 20.5. The molecule has 0 aromatic heterocycles. The van der Waals surface area contributed by atoms with Crippen molar-refractivity contribution in [2.45, 2.75) is 39.2 Å². The number of likely N-dealkylation sites (tertiary alicyclic amines) is 1. The van der Waals surface area contributed by atoms with Crippen LogP contribution < -0.4 is 0 Å². The summed E-state index contributed by atoms with van der Waals surface area (Å²) in [6.07, 6.45) is 3.27. The van der Waals surface area contributed by atoms with Crippen molar-refractivity contribution in [3.05, 3.63) is 34.9 Å². The van der Waals surface area contributed by atoms with Gasteiger partial charge in [-0.25, -0.2) is 0 Å². The number of aryl methyl sites for hydroxylation is 2. The monoisotopic (exact) mass is 261 g/mol. The Hall–Kier alpha value is -1.19. The zero-order valence-corrected chi connectivity index (χ0v) is 11.9. The maximum absolute atomic E-state index is 12.3. The second-order valence-corrected chi connectivity index (χ2v) is 5.52. The van der Waals surface area contributed by atoms with E-state index >= 15 is 0 Å². The first-order valence-electron chi connectivity index (χ1n) is 7.07. The van der Waals surface area contributed by atoms with Crippen molar-refractivity contribution in [2.24, 2.45) is 0 Å². The lowest BCUT2D eigenvalue weighted by atomic mass is 10.00. The highest BCUT2D eigenvalue weighted by molar-refractivity contribution is 5.97. The molecule has 1 fully saturated rings. The van der Waals surface area contributed by atoms with Crippen LogP contribution in [0.25, 0.3) is 0 Å². The van der Waals surface area contributed by atoms with Crippen LogP contribution in [-0.2, 0) is 0 Å². The Labute approximate surface area is 115 Å². The first-order valence-corrected chi connectivity index (χ1v) is 7.07. The Bertz CT molecular complexity index is 456. The quantitative estimate of drug-likeness (QED) is 0.846. The van der Waals surface area contributed by atoms with Gasteiger partial charge >= 0.3 is 0 Å². The number of ketones is 1. The third kappa shape index (κ3) is 3.43. The number of rotatable bonds is 4. The average molecular weight is 261 g/mol. The molecule has 3 nitrogen and oxygen atoms in total. The van der Waals surface area contributed by atoms with Gasteiger partial charge in [0.15, 0.2) is 5.78 Å². The molecule has 0 bridgehead atoms. The minimum atomic E-state index is 0.153. The molecular weight excluding hydrogens is 238 g/mol. The summed E-state index contributed by atoms with van der Waals surface area (Å²) in [7, 11) is 0. The summed E-state index contributed by atoms with van der Waals surface area (Å²) in [6, 6.07) is 6.03. The number of hydrogen-bond acceptors (Lipinski definition) is 3. The first kappa shape index (κ1) is 14.2. The molecule has 0 aliphatic carbocycles. The molecule has 1 aromatic rings. The van der Waals surface area contributed by atoms with E-state index in [1.165, 1.54) is 5.56 Å². The van der Waals surface area contributed by atoms with Crippen molar-refractivity contribution in [2.75, 3.05) is 19.7 Å². The summed E-state index contributed by atoms with van der Waals surface area (Å²) in [5.74, 6) is 0.156. The number of aliphatic hydroxyl groups is 1. The lowest BCUT2D eigenvalue weighted by molar-refractivity contribution is 0.0711. The predicted molar refractivity (Wildman–Crippen MR) is 76.5 cm³/mol. The van der Waals surface area contributed by atoms with Crippen LogP contribution in [0.15, 0.2) is 18.2 Å². The second-order valence-electron chi connectivity index (χ2n) is 5.52. The molecule has 0 spiro atoms. The van der Waals surface area contributed by atoms with E-state index in [0.29, 0.717) is 6.54 Å². The molecule has 1 aromatic carbocycles. The van der Waals surface area contributed by atoms with Gasteiger partial charge in [-0.3, -0.25) is 9.69 Å². The summed E-state index contributed by atoms with van der Waals surface area (Å²) >= 11 is 0. The van der Waals surface area contributed by atoms with E-state index in [-0.39, 0.29) is 18.4 Å². The van der Waals surface area contributed by atoms with Gasteiger partial charge in [-0.2, -0.15) is 0 Å². The number of nitrogens with zero attached hydrogens (tertiary/aromatic N) is 1. The third-order valence-corrected chi connectivity index (χ3v) is 4.14. The summed E-state index contributed by atoms with van der Waals surface area (Å²) in [6.45, 7) is 5.58. The number of carbonyl (C=O) groups is 1. The highest BCUT2D eigenvalue weighted by atomic mass is 16.3. The fraction of sp³-hybridized carbons (Fsp3) is 0.562. The Morgan fingerprint density at radius 1 is 1.32 bits per heavy atom. The molecule has 3 heteroatoms. The van der Waals surface area contributed by atoms with E-state index in [0.717, 1.165) is 36.9 Å². The minimum Gasteiger partial charge on any atom is -0.395 e. The van der Waals surface area contributed by atoms with Crippen molar-refractivity contribution in [3.63, 3.8) is 0 Å². The molecule has 104 valence electrons. The minimum absolute atomic E-state index is 0.153. The van der Waals surface area contributed by atoms with Crippen molar-refractivity contribution in [1.82, 2.24) is 4.90 Å². The Kier molecular flexibility index (Phi) is 4.72. The van der Waals surface area contributed by atoms with Crippen molar-refractivity contribution < 1.29 is 9.90 Å². The highest BCUT2D eigenvalue weighted by Crippen LogP contribution is 2.18. The largest absolute Gasteiger partial charge is 0.395 e. The maximum Gasteiger partial charge on any atom is 0.176 e. The van der Waals surface area contributed by atoms with Gasteiger partial charge in [0.25, 0.3) is 0 Å². The lowest BCUT2D eigenvalue weighted by Gasteiger charge is -2.33. The van der Waals surface area contributed by atoms with Crippen LogP contribution in [0.4, 0.5) is 0 Å². The van der Waals surface area contributed by atoms with Crippen molar-refractivity contribution >= 4 is 5.78 Å². The van der Waals surface area contributed by atoms with Crippen LogP contribution in [0.2, 0.25) is 0 Å². The molecule has 1 unspecified atom stereocenters. The fourth-order valence-electron chi connectivity index (χ4n) is 2.67. The summed E-state index contributed by atoms with van der Waals surface area (Å²) in [5.41, 5.74) is 3.15. The average Bonchev–Trinajstić information content (AvgIpc) is 2.42.